The third-order valence-corrected chi connectivity index (χ3v) is 9.79. The van der Waals surface area contributed by atoms with Crippen molar-refractivity contribution < 1.29 is 13.2 Å². The van der Waals surface area contributed by atoms with Crippen molar-refractivity contribution in [3.63, 3.8) is 0 Å². The van der Waals surface area contributed by atoms with E-state index in [0.717, 1.165) is 24.2 Å². The van der Waals surface area contributed by atoms with Crippen LogP contribution in [0.1, 0.15) is 58.8 Å². The molecule has 1 N–H and O–H groups in total. The van der Waals surface area contributed by atoms with Crippen molar-refractivity contribution in [1.82, 2.24) is 14.2 Å². The Morgan fingerprint density at radius 1 is 1.10 bits per heavy atom. The summed E-state index contributed by atoms with van der Waals surface area (Å²) in [6.07, 6.45) is 10.4. The number of rotatable bonds is 9. The predicted octanol–water partition coefficient (Wildman–Crippen LogP) is 2.60. The summed E-state index contributed by atoms with van der Waals surface area (Å²) in [4.78, 5) is 24.8. The molecule has 0 spiro atoms. The Kier molecular flexibility index (Phi) is 6.32. The summed E-state index contributed by atoms with van der Waals surface area (Å²) < 4.78 is 28.0. The fourth-order valence-electron chi connectivity index (χ4n) is 6.77. The van der Waals surface area contributed by atoms with Crippen molar-refractivity contribution in [2.24, 2.45) is 23.2 Å². The molecule has 0 aliphatic heterocycles. The Morgan fingerprint density at radius 3 is 2.23 bits per heavy atom. The van der Waals surface area contributed by atoms with Gasteiger partial charge in [-0.1, -0.05) is 13.8 Å². The van der Waals surface area contributed by atoms with E-state index in [1.807, 2.05) is 0 Å². The van der Waals surface area contributed by atoms with Gasteiger partial charge in [0.1, 0.15) is 6.54 Å². The molecule has 1 aromatic heterocycles. The SMILES string of the molecule is CCN(CC)S(=O)(=O)c1ccc(=O)n(CC(=O)NCCC23CC4CC(CC(C4)C2)C3)c1. The van der Waals surface area contributed by atoms with E-state index in [1.54, 1.807) is 13.8 Å². The van der Waals surface area contributed by atoms with Gasteiger partial charge in [-0.25, -0.2) is 8.42 Å². The Morgan fingerprint density at radius 2 is 1.68 bits per heavy atom. The lowest BCUT2D eigenvalue weighted by Crippen LogP contribution is -2.47. The molecule has 4 bridgehead atoms. The lowest BCUT2D eigenvalue weighted by atomic mass is 9.49. The normalized spacial score (nSPS) is 29.5. The van der Waals surface area contributed by atoms with E-state index >= 15 is 0 Å². The molecule has 4 aliphatic rings. The van der Waals surface area contributed by atoms with Crippen LogP contribution in [-0.2, 0) is 21.4 Å². The highest BCUT2D eigenvalue weighted by molar-refractivity contribution is 7.89. The van der Waals surface area contributed by atoms with Crippen LogP contribution < -0.4 is 10.9 Å². The average Bonchev–Trinajstić information content (AvgIpc) is 2.69. The molecule has 0 aromatic carbocycles. The number of carbonyl (C=O) groups is 1. The van der Waals surface area contributed by atoms with Gasteiger partial charge in [0, 0.05) is 31.9 Å². The van der Waals surface area contributed by atoms with Crippen LogP contribution in [-0.4, -0.2) is 42.8 Å². The van der Waals surface area contributed by atoms with Crippen LogP contribution in [0.15, 0.2) is 28.0 Å². The number of sulfonamides is 1. The highest BCUT2D eigenvalue weighted by Gasteiger charge is 2.50. The van der Waals surface area contributed by atoms with Gasteiger partial charge in [0.2, 0.25) is 15.9 Å². The van der Waals surface area contributed by atoms with Gasteiger partial charge in [0.05, 0.1) is 4.90 Å². The van der Waals surface area contributed by atoms with Crippen LogP contribution in [0.25, 0.3) is 0 Å². The van der Waals surface area contributed by atoms with Crippen LogP contribution in [0.4, 0.5) is 0 Å². The summed E-state index contributed by atoms with van der Waals surface area (Å²) in [7, 11) is -3.68. The molecule has 0 saturated heterocycles. The monoisotopic (exact) mass is 449 g/mol. The number of nitrogens with one attached hydrogen (secondary N) is 1. The molecule has 1 aromatic rings. The highest BCUT2D eigenvalue weighted by atomic mass is 32.2. The van der Waals surface area contributed by atoms with Crippen LogP contribution in [0.2, 0.25) is 0 Å². The maximum absolute atomic E-state index is 12.7. The Bertz CT molecular complexity index is 945. The van der Waals surface area contributed by atoms with E-state index in [9.17, 15) is 18.0 Å². The standard InChI is InChI=1S/C23H35N3O4S/c1-3-26(4-2)31(29,30)20-5-6-22(28)25(15-20)16-21(27)24-8-7-23-12-17-9-18(13-23)11-19(10-17)14-23/h5-6,15,17-19H,3-4,7-14,16H2,1-2H3,(H,24,27). The van der Waals surface area contributed by atoms with E-state index < -0.39 is 10.0 Å². The zero-order valence-corrected chi connectivity index (χ0v) is 19.5. The van der Waals surface area contributed by atoms with Crippen LogP contribution in [0, 0.1) is 23.2 Å². The summed E-state index contributed by atoms with van der Waals surface area (Å²) in [5, 5.41) is 2.98. The Balaban J connectivity index is 1.36. The van der Waals surface area contributed by atoms with Gasteiger partial charge in [-0.05, 0) is 74.2 Å². The summed E-state index contributed by atoms with van der Waals surface area (Å²) in [6.45, 7) is 4.70. The van der Waals surface area contributed by atoms with E-state index in [4.69, 9.17) is 0 Å². The number of nitrogens with zero attached hydrogens (tertiary/aromatic N) is 2. The van der Waals surface area contributed by atoms with Gasteiger partial charge in [-0.3, -0.25) is 9.59 Å². The average molecular weight is 450 g/mol. The minimum Gasteiger partial charge on any atom is -0.355 e. The maximum Gasteiger partial charge on any atom is 0.251 e. The quantitative estimate of drug-likeness (QED) is 0.628. The number of pyridine rings is 1. The van der Waals surface area contributed by atoms with Gasteiger partial charge < -0.3 is 9.88 Å². The van der Waals surface area contributed by atoms with Crippen LogP contribution in [0.3, 0.4) is 0 Å². The minimum absolute atomic E-state index is 0.0390. The van der Waals surface area contributed by atoms with Gasteiger partial charge in [-0.2, -0.15) is 4.31 Å². The first-order valence-corrected chi connectivity index (χ1v) is 13.2. The second-order valence-corrected chi connectivity index (χ2v) is 11.9. The number of amides is 1. The van der Waals surface area contributed by atoms with Gasteiger partial charge in [0.25, 0.3) is 5.56 Å². The first kappa shape index (κ1) is 22.5. The van der Waals surface area contributed by atoms with Gasteiger partial charge >= 0.3 is 0 Å². The van der Waals surface area contributed by atoms with Crippen molar-refractivity contribution in [1.29, 1.82) is 0 Å². The van der Waals surface area contributed by atoms with E-state index in [0.29, 0.717) is 25.0 Å². The molecule has 8 heteroatoms. The molecule has 4 aliphatic carbocycles. The number of carbonyl (C=O) groups excluding carboxylic acids is 1. The molecule has 4 saturated carbocycles. The van der Waals surface area contributed by atoms with Crippen molar-refractivity contribution in [3.8, 4) is 0 Å². The fourth-order valence-corrected chi connectivity index (χ4v) is 8.25. The topological polar surface area (TPSA) is 88.5 Å². The van der Waals surface area contributed by atoms with Crippen LogP contribution in [0.5, 0.6) is 0 Å². The third-order valence-electron chi connectivity index (χ3n) is 7.76. The van der Waals surface area contributed by atoms with Gasteiger partial charge in [0.15, 0.2) is 0 Å². The molecule has 0 atom stereocenters. The Hall–Kier alpha value is -1.67. The second kappa shape index (κ2) is 8.70. The maximum atomic E-state index is 12.7. The molecular formula is C23H35N3O4S. The molecule has 4 fully saturated rings. The molecule has 5 rings (SSSR count). The smallest absolute Gasteiger partial charge is 0.251 e. The second-order valence-electron chi connectivity index (χ2n) is 9.94. The fraction of sp³-hybridized carbons (Fsp3) is 0.739. The number of hydrogen-bond donors (Lipinski definition) is 1. The highest BCUT2D eigenvalue weighted by Crippen LogP contribution is 2.61. The molecule has 1 heterocycles. The van der Waals surface area contributed by atoms with E-state index in [2.05, 4.69) is 5.32 Å². The molecule has 31 heavy (non-hydrogen) atoms. The predicted molar refractivity (Wildman–Crippen MR) is 119 cm³/mol. The number of aromatic nitrogens is 1. The lowest BCUT2D eigenvalue weighted by molar-refractivity contribution is -0.122. The molecular weight excluding hydrogens is 414 g/mol. The van der Waals surface area contributed by atoms with Crippen molar-refractivity contribution in [2.75, 3.05) is 19.6 Å². The minimum atomic E-state index is -3.68. The first-order valence-electron chi connectivity index (χ1n) is 11.7. The summed E-state index contributed by atoms with van der Waals surface area (Å²) in [6, 6.07) is 2.54. The molecule has 0 unspecified atom stereocenters. The number of hydrogen-bond acceptors (Lipinski definition) is 4. The summed E-state index contributed by atoms with van der Waals surface area (Å²) in [5.41, 5.74) is 0.0196. The zero-order chi connectivity index (χ0) is 22.2. The third kappa shape index (κ3) is 4.60. The molecule has 7 nitrogen and oxygen atoms in total. The summed E-state index contributed by atoms with van der Waals surface area (Å²) in [5.74, 6) is 2.41. The van der Waals surface area contributed by atoms with Crippen molar-refractivity contribution in [3.05, 3.63) is 28.7 Å². The Labute approximate surface area is 185 Å². The molecule has 172 valence electrons. The van der Waals surface area contributed by atoms with E-state index in [-0.39, 0.29) is 22.9 Å². The lowest BCUT2D eigenvalue weighted by Gasteiger charge is -2.57. The largest absolute Gasteiger partial charge is 0.355 e. The van der Waals surface area contributed by atoms with E-state index in [1.165, 1.54) is 65.7 Å². The summed E-state index contributed by atoms with van der Waals surface area (Å²) >= 11 is 0. The molecule has 0 radical (unpaired) electrons. The van der Waals surface area contributed by atoms with Gasteiger partial charge in [-0.15, -0.1) is 0 Å². The zero-order valence-electron chi connectivity index (χ0n) is 18.7. The van der Waals surface area contributed by atoms with Crippen molar-refractivity contribution in [2.45, 2.75) is 70.2 Å². The first-order chi connectivity index (χ1) is 14.7. The van der Waals surface area contributed by atoms with Crippen molar-refractivity contribution >= 4 is 15.9 Å². The van der Waals surface area contributed by atoms with Crippen LogP contribution >= 0.6 is 0 Å². The molecule has 1 amide bonds.